The van der Waals surface area contributed by atoms with Crippen LogP contribution in [0.5, 0.6) is 0 Å². The lowest BCUT2D eigenvalue weighted by Crippen LogP contribution is -2.69. The Morgan fingerprint density at radius 2 is 1.83 bits per heavy atom. The number of anilines is 1. The lowest BCUT2D eigenvalue weighted by atomic mass is 9.72. The molecule has 4 N–H and O–H groups in total. The topological polar surface area (TPSA) is 112 Å². The standard InChI is InChI=1S/C24H25F3N4O4/c1-11-17(19(32)21(34)30-23(22(35)28-2)9-24(26,27)10-23)16-8-12-7-15(12)31(16)18(11)20(33)29-14-5-3-13(25)4-6-14/h3-6,12,15,19,32H,7-10H2,1-2H3,(H,28,35)(H,29,33)(H,30,34)/t12-,15-,19?/m1/s1. The first-order valence-electron chi connectivity index (χ1n) is 11.4. The summed E-state index contributed by atoms with van der Waals surface area (Å²) in [7, 11) is 1.28. The van der Waals surface area contributed by atoms with Gasteiger partial charge in [-0.1, -0.05) is 0 Å². The number of nitrogens with one attached hydrogen (secondary N) is 3. The number of nitrogens with zero attached hydrogens (tertiary/aromatic N) is 1. The van der Waals surface area contributed by atoms with Crippen LogP contribution in [0.4, 0.5) is 18.9 Å². The predicted octanol–water partition coefficient (Wildman–Crippen LogP) is 2.37. The SMILES string of the molecule is CNC(=O)C1(NC(=O)C(O)c2c(C)c(C(=O)Nc3ccc(F)cc3)n3c2C[C@H]2C[C@H]23)CC(F)(F)C1. The second-order valence-corrected chi connectivity index (χ2v) is 9.69. The van der Waals surface area contributed by atoms with Gasteiger partial charge in [0, 0.05) is 42.9 Å². The van der Waals surface area contributed by atoms with Crippen molar-refractivity contribution in [1.82, 2.24) is 15.2 Å². The van der Waals surface area contributed by atoms with Crippen LogP contribution in [0.15, 0.2) is 24.3 Å². The van der Waals surface area contributed by atoms with E-state index in [1.165, 1.54) is 31.3 Å². The number of hydrogen-bond donors (Lipinski definition) is 4. The van der Waals surface area contributed by atoms with E-state index in [2.05, 4.69) is 16.0 Å². The second-order valence-electron chi connectivity index (χ2n) is 9.69. The quantitative estimate of drug-likeness (QED) is 0.498. The van der Waals surface area contributed by atoms with Crippen molar-refractivity contribution in [1.29, 1.82) is 0 Å². The number of carbonyl (C=O) groups is 3. The van der Waals surface area contributed by atoms with E-state index in [1.807, 2.05) is 4.57 Å². The lowest BCUT2D eigenvalue weighted by molar-refractivity contribution is -0.167. The van der Waals surface area contributed by atoms with Gasteiger partial charge in [-0.2, -0.15) is 0 Å². The maximum absolute atomic E-state index is 13.6. The van der Waals surface area contributed by atoms with Crippen LogP contribution in [0.3, 0.4) is 0 Å². The largest absolute Gasteiger partial charge is 0.378 e. The molecular formula is C24H25F3N4O4. The lowest BCUT2D eigenvalue weighted by Gasteiger charge is -2.46. The first-order chi connectivity index (χ1) is 16.5. The van der Waals surface area contributed by atoms with Crippen molar-refractivity contribution in [3.05, 3.63) is 52.6 Å². The van der Waals surface area contributed by atoms with Crippen LogP contribution < -0.4 is 16.0 Å². The van der Waals surface area contributed by atoms with E-state index in [0.717, 1.165) is 6.42 Å². The van der Waals surface area contributed by atoms with E-state index in [4.69, 9.17) is 0 Å². The molecule has 2 aromatic rings. The third-order valence-corrected chi connectivity index (χ3v) is 7.26. The van der Waals surface area contributed by atoms with Gasteiger partial charge in [0.2, 0.25) is 5.91 Å². The molecule has 2 saturated carbocycles. The highest BCUT2D eigenvalue weighted by Crippen LogP contribution is 2.55. The maximum Gasteiger partial charge on any atom is 0.272 e. The molecule has 186 valence electrons. The van der Waals surface area contributed by atoms with E-state index in [-0.39, 0.29) is 17.3 Å². The number of fused-ring (bicyclic) bond motifs is 3. The first-order valence-corrected chi connectivity index (χ1v) is 11.4. The monoisotopic (exact) mass is 490 g/mol. The van der Waals surface area contributed by atoms with Crippen LogP contribution in [-0.2, 0) is 16.0 Å². The maximum atomic E-state index is 13.6. The highest BCUT2D eigenvalue weighted by molar-refractivity contribution is 6.05. The Bertz CT molecular complexity index is 1230. The Morgan fingerprint density at radius 3 is 2.43 bits per heavy atom. The van der Waals surface area contributed by atoms with E-state index in [0.29, 0.717) is 29.3 Å². The molecule has 1 aliphatic heterocycles. The van der Waals surface area contributed by atoms with Crippen LogP contribution in [0, 0.1) is 18.7 Å². The van der Waals surface area contributed by atoms with Gasteiger partial charge < -0.3 is 25.6 Å². The summed E-state index contributed by atoms with van der Waals surface area (Å²) in [6.45, 7) is 1.61. The molecule has 1 aromatic heterocycles. The highest BCUT2D eigenvalue weighted by Gasteiger charge is 2.62. The number of amides is 3. The number of alkyl halides is 2. The molecule has 0 bridgehead atoms. The summed E-state index contributed by atoms with van der Waals surface area (Å²) in [5.41, 5.74) is 0.140. The fraction of sp³-hybridized carbons (Fsp3) is 0.458. The van der Waals surface area contributed by atoms with E-state index < -0.39 is 53.9 Å². The molecule has 3 amide bonds. The Kier molecular flexibility index (Phi) is 5.24. The average molecular weight is 490 g/mol. The van der Waals surface area contributed by atoms with Crippen LogP contribution in [0.25, 0.3) is 0 Å². The van der Waals surface area contributed by atoms with Gasteiger partial charge in [-0.05, 0) is 55.5 Å². The van der Waals surface area contributed by atoms with Crippen LogP contribution in [-0.4, -0.2) is 45.9 Å². The van der Waals surface area contributed by atoms with Crippen LogP contribution in [0.1, 0.15) is 58.7 Å². The molecule has 8 nitrogen and oxygen atoms in total. The molecule has 2 fully saturated rings. The Labute approximate surface area is 198 Å². The van der Waals surface area contributed by atoms with Gasteiger partial charge in [-0.3, -0.25) is 14.4 Å². The van der Waals surface area contributed by atoms with Crippen LogP contribution >= 0.6 is 0 Å². The Morgan fingerprint density at radius 1 is 1.17 bits per heavy atom. The predicted molar refractivity (Wildman–Crippen MR) is 118 cm³/mol. The van der Waals surface area contributed by atoms with Crippen molar-refractivity contribution in [2.45, 2.75) is 56.2 Å². The van der Waals surface area contributed by atoms with Gasteiger partial charge in [-0.25, -0.2) is 13.2 Å². The summed E-state index contributed by atoms with van der Waals surface area (Å²) in [6, 6.07) is 5.35. The minimum atomic E-state index is -3.09. The van der Waals surface area contributed by atoms with Gasteiger partial charge >= 0.3 is 0 Å². The summed E-state index contributed by atoms with van der Waals surface area (Å²) in [6.07, 6.45) is -2.04. The molecule has 5 rings (SSSR count). The van der Waals surface area contributed by atoms with Gasteiger partial charge in [0.15, 0.2) is 6.10 Å². The molecule has 0 radical (unpaired) electrons. The summed E-state index contributed by atoms with van der Waals surface area (Å²) >= 11 is 0. The number of aromatic nitrogens is 1. The third kappa shape index (κ3) is 3.78. The van der Waals surface area contributed by atoms with Crippen molar-refractivity contribution in [3.8, 4) is 0 Å². The minimum Gasteiger partial charge on any atom is -0.378 e. The molecule has 0 spiro atoms. The number of rotatable bonds is 6. The van der Waals surface area contributed by atoms with E-state index in [1.54, 1.807) is 6.92 Å². The van der Waals surface area contributed by atoms with E-state index in [9.17, 15) is 32.7 Å². The summed E-state index contributed by atoms with van der Waals surface area (Å²) in [5, 5.41) is 18.3. The van der Waals surface area contributed by atoms with Gasteiger partial charge in [0.05, 0.1) is 0 Å². The molecule has 2 heterocycles. The summed E-state index contributed by atoms with van der Waals surface area (Å²) in [5.74, 6) is -5.46. The molecular weight excluding hydrogens is 465 g/mol. The van der Waals surface area contributed by atoms with Crippen molar-refractivity contribution in [3.63, 3.8) is 0 Å². The Hall–Kier alpha value is -3.34. The van der Waals surface area contributed by atoms with Crippen molar-refractivity contribution < 1.29 is 32.7 Å². The molecule has 1 unspecified atom stereocenters. The number of hydrogen-bond acceptors (Lipinski definition) is 4. The number of benzene rings is 1. The third-order valence-electron chi connectivity index (χ3n) is 7.26. The number of carbonyl (C=O) groups excluding carboxylic acids is 3. The zero-order valence-corrected chi connectivity index (χ0v) is 19.1. The fourth-order valence-corrected chi connectivity index (χ4v) is 5.56. The smallest absolute Gasteiger partial charge is 0.272 e. The van der Waals surface area contributed by atoms with Gasteiger partial charge in [-0.15, -0.1) is 0 Å². The second kappa shape index (κ2) is 7.84. The van der Waals surface area contributed by atoms with Gasteiger partial charge in [0.1, 0.15) is 17.1 Å². The van der Waals surface area contributed by atoms with Crippen LogP contribution in [0.2, 0.25) is 0 Å². The van der Waals surface area contributed by atoms with Crippen molar-refractivity contribution >= 4 is 23.4 Å². The molecule has 3 aliphatic rings. The fourth-order valence-electron chi connectivity index (χ4n) is 5.56. The number of halogens is 3. The molecule has 0 saturated heterocycles. The van der Waals surface area contributed by atoms with Gasteiger partial charge in [0.25, 0.3) is 17.7 Å². The molecule has 35 heavy (non-hydrogen) atoms. The summed E-state index contributed by atoms with van der Waals surface area (Å²) < 4.78 is 42.3. The summed E-state index contributed by atoms with van der Waals surface area (Å²) in [4.78, 5) is 38.5. The molecule has 11 heteroatoms. The zero-order valence-electron chi connectivity index (χ0n) is 19.1. The molecule has 1 aromatic carbocycles. The molecule has 3 atom stereocenters. The first kappa shape index (κ1) is 23.4. The highest BCUT2D eigenvalue weighted by atomic mass is 19.3. The zero-order chi connectivity index (χ0) is 25.3. The Balaban J connectivity index is 1.44. The van der Waals surface area contributed by atoms with Crippen molar-refractivity contribution in [2.24, 2.45) is 5.92 Å². The minimum absolute atomic E-state index is 0.0733. The normalized spacial score (nSPS) is 23.4. The number of likely N-dealkylation sites (N-methyl/N-ethyl adjacent to an activating group) is 1. The average Bonchev–Trinajstić information content (AvgIpc) is 3.36. The van der Waals surface area contributed by atoms with E-state index >= 15 is 0 Å². The number of aliphatic hydroxyl groups is 1. The molecule has 2 aliphatic carbocycles. The number of aliphatic hydroxyl groups excluding tert-OH is 1. The van der Waals surface area contributed by atoms with Crippen molar-refractivity contribution in [2.75, 3.05) is 12.4 Å².